The number of amides is 2. The number of nitrogens with zero attached hydrogens (tertiary/aromatic N) is 2. The van der Waals surface area contributed by atoms with Gasteiger partial charge in [-0.2, -0.15) is 0 Å². The summed E-state index contributed by atoms with van der Waals surface area (Å²) in [6.45, 7) is 1.35. The molecule has 1 aliphatic heterocycles. The first-order valence-corrected chi connectivity index (χ1v) is 13.7. The second-order valence-electron chi connectivity index (χ2n) is 8.84. The van der Waals surface area contributed by atoms with Gasteiger partial charge in [-0.3, -0.25) is 9.59 Å². The van der Waals surface area contributed by atoms with E-state index in [1.165, 1.54) is 12.1 Å². The molecule has 0 bridgehead atoms. The second kappa shape index (κ2) is 11.0. The van der Waals surface area contributed by atoms with E-state index in [0.29, 0.717) is 43.0 Å². The molecule has 0 unspecified atom stereocenters. The summed E-state index contributed by atoms with van der Waals surface area (Å²) in [6, 6.07) is 18.8. The lowest BCUT2D eigenvalue weighted by Gasteiger charge is -2.38. The maximum atomic E-state index is 13.8. The smallest absolute Gasteiger partial charge is 0.252 e. The van der Waals surface area contributed by atoms with Gasteiger partial charge < -0.3 is 20.4 Å². The third kappa shape index (κ3) is 6.08. The van der Waals surface area contributed by atoms with Crippen LogP contribution < -0.4 is 15.5 Å². The summed E-state index contributed by atoms with van der Waals surface area (Å²) in [5.74, 6) is -1.25. The molecule has 0 radical (unpaired) electrons. The average molecular weight is 525 g/mol. The Morgan fingerprint density at radius 2 is 1.57 bits per heavy atom. The molecule has 1 aliphatic rings. The van der Waals surface area contributed by atoms with E-state index < -0.39 is 21.7 Å². The summed E-state index contributed by atoms with van der Waals surface area (Å²) in [4.78, 5) is 30.0. The number of benzene rings is 3. The molecule has 1 saturated heterocycles. The number of hydrogen-bond acceptors (Lipinski definition) is 6. The van der Waals surface area contributed by atoms with Crippen LogP contribution in [0.25, 0.3) is 0 Å². The van der Waals surface area contributed by atoms with E-state index >= 15 is 0 Å². The molecule has 10 heteroatoms. The third-order valence-electron chi connectivity index (χ3n) is 6.34. The first kappa shape index (κ1) is 26.2. The van der Waals surface area contributed by atoms with Crippen molar-refractivity contribution in [2.45, 2.75) is 10.9 Å². The average Bonchev–Trinajstić information content (AvgIpc) is 2.91. The lowest BCUT2D eigenvalue weighted by Crippen LogP contribution is -2.52. The van der Waals surface area contributed by atoms with Crippen LogP contribution >= 0.6 is 0 Å². The third-order valence-corrected chi connectivity index (χ3v) is 7.47. The fourth-order valence-corrected chi connectivity index (χ4v) is 5.24. The van der Waals surface area contributed by atoms with E-state index in [4.69, 9.17) is 0 Å². The minimum absolute atomic E-state index is 0.0778. The molecule has 0 saturated carbocycles. The van der Waals surface area contributed by atoms with Crippen molar-refractivity contribution in [2.75, 3.05) is 49.7 Å². The van der Waals surface area contributed by atoms with Crippen molar-refractivity contribution >= 4 is 33.0 Å². The van der Waals surface area contributed by atoms with Gasteiger partial charge in [-0.05, 0) is 48.0 Å². The number of carbonyl (C=O) groups excluding carboxylic acids is 2. The van der Waals surface area contributed by atoms with E-state index in [1.54, 1.807) is 48.3 Å². The van der Waals surface area contributed by atoms with Crippen molar-refractivity contribution in [2.24, 2.45) is 0 Å². The Labute approximate surface area is 216 Å². The first-order valence-electron chi connectivity index (χ1n) is 11.8. The second-order valence-corrected chi connectivity index (χ2v) is 10.8. The zero-order valence-corrected chi connectivity index (χ0v) is 21.5. The van der Waals surface area contributed by atoms with Crippen LogP contribution in [0.15, 0.2) is 77.7 Å². The quantitative estimate of drug-likeness (QED) is 0.493. The lowest BCUT2D eigenvalue weighted by molar-refractivity contribution is -0.133. The van der Waals surface area contributed by atoms with Gasteiger partial charge in [0.2, 0.25) is 5.91 Å². The van der Waals surface area contributed by atoms with Gasteiger partial charge in [-0.15, -0.1) is 0 Å². The molecule has 8 nitrogen and oxygen atoms in total. The summed E-state index contributed by atoms with van der Waals surface area (Å²) in [7, 11) is -1.85. The van der Waals surface area contributed by atoms with E-state index in [2.05, 4.69) is 10.6 Å². The van der Waals surface area contributed by atoms with Gasteiger partial charge in [0.05, 0.1) is 10.6 Å². The first-order chi connectivity index (χ1) is 17.7. The normalized spacial score (nSPS) is 14.7. The molecule has 0 aliphatic carbocycles. The molecule has 1 heterocycles. The van der Waals surface area contributed by atoms with Gasteiger partial charge in [0, 0.05) is 50.7 Å². The summed E-state index contributed by atoms with van der Waals surface area (Å²) < 4.78 is 38.2. The number of piperazine rings is 1. The van der Waals surface area contributed by atoms with Crippen LogP contribution in [0.3, 0.4) is 0 Å². The zero-order chi connectivity index (χ0) is 26.6. The fraction of sp³-hybridized carbons (Fsp3) is 0.259. The van der Waals surface area contributed by atoms with Gasteiger partial charge in [0.25, 0.3) is 5.91 Å². The molecule has 4 rings (SSSR count). The maximum absolute atomic E-state index is 13.8. The van der Waals surface area contributed by atoms with E-state index in [0.717, 1.165) is 18.0 Å². The minimum Gasteiger partial charge on any atom is -0.388 e. The van der Waals surface area contributed by atoms with Gasteiger partial charge in [0.15, 0.2) is 9.84 Å². The molecule has 0 aromatic heterocycles. The Morgan fingerprint density at radius 1 is 0.919 bits per heavy atom. The highest BCUT2D eigenvalue weighted by Crippen LogP contribution is 2.28. The Bertz CT molecular complexity index is 1370. The Kier molecular flexibility index (Phi) is 7.77. The Hall–Kier alpha value is -3.92. The molecular formula is C27H29FN4O4S. The Balaban J connectivity index is 1.51. The molecule has 0 spiro atoms. The van der Waals surface area contributed by atoms with Crippen LogP contribution in [-0.2, 0) is 14.6 Å². The van der Waals surface area contributed by atoms with Crippen molar-refractivity contribution in [1.29, 1.82) is 0 Å². The summed E-state index contributed by atoms with van der Waals surface area (Å²) in [5.41, 5.74) is 2.37. The maximum Gasteiger partial charge on any atom is 0.252 e. The molecular weight excluding hydrogens is 495 g/mol. The predicted molar refractivity (Wildman–Crippen MR) is 141 cm³/mol. The molecule has 37 heavy (non-hydrogen) atoms. The number of halogens is 1. The molecule has 1 fully saturated rings. The van der Waals surface area contributed by atoms with Crippen LogP contribution in [-0.4, -0.2) is 64.6 Å². The predicted octanol–water partition coefficient (Wildman–Crippen LogP) is 3.09. The standard InChI is InChI=1S/C27H29FN4O4S/c1-29-22-11-8-20(9-12-22)26(33)30-25(19-6-4-3-5-7-19)27(34)32-16-14-31(15-17-32)23-13-10-21(28)18-24(23)37(2,35)36/h3-13,18,25,29H,14-17H2,1-2H3,(H,30,33)/t25-/m1/s1. The minimum atomic E-state index is -3.64. The van der Waals surface area contributed by atoms with Gasteiger partial charge >= 0.3 is 0 Å². The van der Waals surface area contributed by atoms with Crippen molar-refractivity contribution in [3.63, 3.8) is 0 Å². The number of hydrogen-bond donors (Lipinski definition) is 2. The largest absolute Gasteiger partial charge is 0.388 e. The van der Waals surface area contributed by atoms with Crippen LogP contribution in [0.5, 0.6) is 0 Å². The van der Waals surface area contributed by atoms with Crippen molar-refractivity contribution in [3.05, 3.63) is 89.7 Å². The summed E-state index contributed by atoms with van der Waals surface area (Å²) >= 11 is 0. The SMILES string of the molecule is CNc1ccc(C(=O)N[C@@H](C(=O)N2CCN(c3ccc(F)cc3S(C)(=O)=O)CC2)c2ccccc2)cc1. The number of carbonyl (C=O) groups is 2. The van der Waals surface area contributed by atoms with Crippen molar-refractivity contribution in [1.82, 2.24) is 10.2 Å². The highest BCUT2D eigenvalue weighted by Gasteiger charge is 2.31. The highest BCUT2D eigenvalue weighted by molar-refractivity contribution is 7.90. The van der Waals surface area contributed by atoms with Gasteiger partial charge in [-0.1, -0.05) is 30.3 Å². The van der Waals surface area contributed by atoms with Crippen LogP contribution in [0, 0.1) is 5.82 Å². The van der Waals surface area contributed by atoms with Crippen molar-refractivity contribution < 1.29 is 22.4 Å². The van der Waals surface area contributed by atoms with Gasteiger partial charge in [0.1, 0.15) is 11.9 Å². The van der Waals surface area contributed by atoms with Crippen LogP contribution in [0.2, 0.25) is 0 Å². The Morgan fingerprint density at radius 3 is 2.16 bits per heavy atom. The van der Waals surface area contributed by atoms with E-state index in [-0.39, 0.29) is 16.7 Å². The molecule has 2 N–H and O–H groups in total. The van der Waals surface area contributed by atoms with E-state index in [9.17, 15) is 22.4 Å². The summed E-state index contributed by atoms with van der Waals surface area (Å²) in [5, 5.41) is 5.88. The molecule has 2 amide bonds. The zero-order valence-electron chi connectivity index (χ0n) is 20.6. The topological polar surface area (TPSA) is 98.8 Å². The monoisotopic (exact) mass is 524 g/mol. The van der Waals surface area contributed by atoms with E-state index in [1.807, 2.05) is 23.1 Å². The van der Waals surface area contributed by atoms with Crippen molar-refractivity contribution in [3.8, 4) is 0 Å². The lowest BCUT2D eigenvalue weighted by atomic mass is 10.0. The fourth-order valence-electron chi connectivity index (χ4n) is 4.33. The van der Waals surface area contributed by atoms with Gasteiger partial charge in [-0.25, -0.2) is 12.8 Å². The van der Waals surface area contributed by atoms with Crippen LogP contribution in [0.1, 0.15) is 22.0 Å². The van der Waals surface area contributed by atoms with Crippen LogP contribution in [0.4, 0.5) is 15.8 Å². The number of sulfone groups is 1. The summed E-state index contributed by atoms with van der Waals surface area (Å²) in [6.07, 6.45) is 1.05. The molecule has 3 aromatic carbocycles. The molecule has 1 atom stereocenters. The number of rotatable bonds is 7. The molecule has 3 aromatic rings. The molecule has 194 valence electrons. The highest BCUT2D eigenvalue weighted by atomic mass is 32.2. The number of nitrogens with one attached hydrogen (secondary N) is 2. The number of anilines is 2.